The lowest BCUT2D eigenvalue weighted by Crippen LogP contribution is -2.22. The quantitative estimate of drug-likeness (QED) is 0.418. The van der Waals surface area contributed by atoms with Gasteiger partial charge in [0.25, 0.3) is 5.91 Å². The molecule has 0 saturated carbocycles. The van der Waals surface area contributed by atoms with Gasteiger partial charge in [-0.1, -0.05) is 0 Å². The number of hydrogen-bond donors (Lipinski definition) is 1. The average molecular weight is 456 g/mol. The fourth-order valence-electron chi connectivity index (χ4n) is 3.03. The van der Waals surface area contributed by atoms with Crippen LogP contribution in [0.4, 0.5) is 0 Å². The molecule has 0 radical (unpaired) electrons. The second-order valence-electron chi connectivity index (χ2n) is 6.70. The van der Waals surface area contributed by atoms with Gasteiger partial charge >= 0.3 is 0 Å². The summed E-state index contributed by atoms with van der Waals surface area (Å²) >= 11 is 2.90. The van der Waals surface area contributed by atoms with Crippen LogP contribution in [-0.4, -0.2) is 30.1 Å². The number of carbonyl (C=O) groups excluding carboxylic acids is 1. The van der Waals surface area contributed by atoms with Gasteiger partial charge < -0.3 is 19.2 Å². The lowest BCUT2D eigenvalue weighted by molar-refractivity contribution is 0.0951. The van der Waals surface area contributed by atoms with Crippen molar-refractivity contribution in [1.29, 1.82) is 0 Å². The highest BCUT2D eigenvalue weighted by Crippen LogP contribution is 2.35. The van der Waals surface area contributed by atoms with Crippen molar-refractivity contribution >= 4 is 28.6 Å². The fraction of sp³-hybridized carbons (Fsp3) is 0.227. The SMILES string of the molecule is COc1ccc(-c2nc(C)c(C(=O)NCc3ccc(-c4csc(C)n4)o3)s2)cc1OC. The van der Waals surface area contributed by atoms with Crippen molar-refractivity contribution in [3.8, 4) is 33.5 Å². The number of rotatable bonds is 7. The van der Waals surface area contributed by atoms with Crippen LogP contribution in [0.5, 0.6) is 11.5 Å². The van der Waals surface area contributed by atoms with Crippen LogP contribution in [0.2, 0.25) is 0 Å². The van der Waals surface area contributed by atoms with Gasteiger partial charge in [0.1, 0.15) is 21.3 Å². The first-order valence-electron chi connectivity index (χ1n) is 9.47. The average Bonchev–Trinajstić information content (AvgIpc) is 3.51. The van der Waals surface area contributed by atoms with Crippen molar-refractivity contribution in [3.63, 3.8) is 0 Å². The van der Waals surface area contributed by atoms with Gasteiger partial charge in [-0.25, -0.2) is 9.97 Å². The molecule has 9 heteroatoms. The van der Waals surface area contributed by atoms with Crippen LogP contribution >= 0.6 is 22.7 Å². The van der Waals surface area contributed by atoms with Gasteiger partial charge in [-0.2, -0.15) is 0 Å². The predicted octanol–water partition coefficient (Wildman–Crippen LogP) is 5.09. The Kier molecular flexibility index (Phi) is 6.06. The van der Waals surface area contributed by atoms with Crippen LogP contribution in [0.25, 0.3) is 22.0 Å². The van der Waals surface area contributed by atoms with Crippen molar-refractivity contribution < 1.29 is 18.7 Å². The molecule has 31 heavy (non-hydrogen) atoms. The lowest BCUT2D eigenvalue weighted by Gasteiger charge is -2.08. The molecular formula is C22H21N3O4S2. The minimum absolute atomic E-state index is 0.191. The van der Waals surface area contributed by atoms with E-state index >= 15 is 0 Å². The summed E-state index contributed by atoms with van der Waals surface area (Å²) in [4.78, 5) is 22.3. The van der Waals surface area contributed by atoms with E-state index in [1.54, 1.807) is 25.6 Å². The third kappa shape index (κ3) is 4.47. The molecule has 3 heterocycles. The molecule has 0 aliphatic heterocycles. The van der Waals surface area contributed by atoms with Crippen molar-refractivity contribution in [2.75, 3.05) is 14.2 Å². The monoisotopic (exact) mass is 455 g/mol. The van der Waals surface area contributed by atoms with Crippen LogP contribution in [0.3, 0.4) is 0 Å². The van der Waals surface area contributed by atoms with Gasteiger partial charge in [0.05, 0.1) is 31.5 Å². The molecule has 0 unspecified atom stereocenters. The van der Waals surface area contributed by atoms with Crippen molar-refractivity contribution in [1.82, 2.24) is 15.3 Å². The number of nitrogens with zero attached hydrogens (tertiary/aromatic N) is 2. The van der Waals surface area contributed by atoms with E-state index in [4.69, 9.17) is 13.9 Å². The summed E-state index contributed by atoms with van der Waals surface area (Å²) in [6.07, 6.45) is 0. The van der Waals surface area contributed by atoms with E-state index in [0.717, 1.165) is 21.3 Å². The molecule has 3 aromatic heterocycles. The molecule has 0 spiro atoms. The standard InChI is InChI=1S/C22H21N3O4S2/c1-12-20(31-22(24-12)14-5-7-18(27-3)19(9-14)28-4)21(26)23-10-15-6-8-17(29-15)16-11-30-13(2)25-16/h5-9,11H,10H2,1-4H3,(H,23,26). The number of nitrogens with one attached hydrogen (secondary N) is 1. The number of carbonyl (C=O) groups is 1. The molecule has 0 aliphatic carbocycles. The molecular weight excluding hydrogens is 434 g/mol. The van der Waals surface area contributed by atoms with Crippen LogP contribution < -0.4 is 14.8 Å². The summed E-state index contributed by atoms with van der Waals surface area (Å²) in [6.45, 7) is 4.06. The molecule has 4 rings (SSSR count). The topological polar surface area (TPSA) is 86.5 Å². The molecule has 0 bridgehead atoms. The minimum atomic E-state index is -0.191. The van der Waals surface area contributed by atoms with Gasteiger partial charge in [-0.15, -0.1) is 22.7 Å². The van der Waals surface area contributed by atoms with E-state index in [2.05, 4.69) is 15.3 Å². The van der Waals surface area contributed by atoms with Gasteiger partial charge in [0.15, 0.2) is 17.3 Å². The number of furan rings is 1. The normalized spacial score (nSPS) is 10.8. The third-order valence-corrected chi connectivity index (χ3v) is 6.57. The smallest absolute Gasteiger partial charge is 0.263 e. The van der Waals surface area contributed by atoms with Gasteiger partial charge in [-0.05, 0) is 44.2 Å². The zero-order valence-corrected chi connectivity index (χ0v) is 19.1. The first-order valence-corrected chi connectivity index (χ1v) is 11.2. The van der Waals surface area contributed by atoms with Crippen LogP contribution in [-0.2, 0) is 6.54 Å². The van der Waals surface area contributed by atoms with Crippen molar-refractivity contribution in [2.45, 2.75) is 20.4 Å². The summed E-state index contributed by atoms with van der Waals surface area (Å²) in [5.74, 6) is 2.42. The second-order valence-corrected chi connectivity index (χ2v) is 8.77. The Balaban J connectivity index is 1.46. The minimum Gasteiger partial charge on any atom is -0.493 e. The molecule has 0 fully saturated rings. The van der Waals surface area contributed by atoms with E-state index in [1.165, 1.54) is 11.3 Å². The third-order valence-electron chi connectivity index (χ3n) is 4.59. The molecule has 7 nitrogen and oxygen atoms in total. The van der Waals surface area contributed by atoms with Crippen molar-refractivity contribution in [3.05, 3.63) is 57.1 Å². The molecule has 1 amide bonds. The lowest BCUT2D eigenvalue weighted by atomic mass is 10.2. The van der Waals surface area contributed by atoms with Gasteiger partial charge in [0, 0.05) is 10.9 Å². The number of ether oxygens (including phenoxy) is 2. The summed E-state index contributed by atoms with van der Waals surface area (Å²) in [7, 11) is 3.18. The second kappa shape index (κ2) is 8.91. The Morgan fingerprint density at radius 1 is 1.10 bits per heavy atom. The zero-order valence-electron chi connectivity index (χ0n) is 17.5. The van der Waals surface area contributed by atoms with E-state index in [0.29, 0.717) is 33.6 Å². The van der Waals surface area contributed by atoms with E-state index < -0.39 is 0 Å². The van der Waals surface area contributed by atoms with Gasteiger partial charge in [0.2, 0.25) is 0 Å². The van der Waals surface area contributed by atoms with Crippen LogP contribution in [0, 0.1) is 13.8 Å². The number of amides is 1. The summed E-state index contributed by atoms with van der Waals surface area (Å²) in [5, 5.41) is 6.58. The molecule has 1 N–H and O–H groups in total. The molecule has 1 aromatic carbocycles. The maximum absolute atomic E-state index is 12.7. The number of thiazole rings is 2. The summed E-state index contributed by atoms with van der Waals surface area (Å²) in [6, 6.07) is 9.28. The largest absolute Gasteiger partial charge is 0.493 e. The Morgan fingerprint density at radius 2 is 1.90 bits per heavy atom. The maximum Gasteiger partial charge on any atom is 0.263 e. The Hall–Kier alpha value is -3.17. The molecule has 4 aromatic rings. The van der Waals surface area contributed by atoms with Crippen LogP contribution in [0.15, 0.2) is 40.1 Å². The Bertz CT molecular complexity index is 1230. The number of benzene rings is 1. The van der Waals surface area contributed by atoms with Gasteiger partial charge in [-0.3, -0.25) is 4.79 Å². The molecule has 0 atom stereocenters. The fourth-order valence-corrected chi connectivity index (χ4v) is 4.62. The molecule has 0 aliphatic rings. The highest BCUT2D eigenvalue weighted by atomic mass is 32.1. The zero-order chi connectivity index (χ0) is 22.0. The highest BCUT2D eigenvalue weighted by molar-refractivity contribution is 7.17. The van der Waals surface area contributed by atoms with E-state index in [-0.39, 0.29) is 12.5 Å². The molecule has 0 saturated heterocycles. The number of methoxy groups -OCH3 is 2. The Labute approximate surface area is 187 Å². The predicted molar refractivity (Wildman–Crippen MR) is 121 cm³/mol. The van der Waals surface area contributed by atoms with E-state index in [1.807, 2.05) is 49.6 Å². The van der Waals surface area contributed by atoms with E-state index in [9.17, 15) is 4.79 Å². The van der Waals surface area contributed by atoms with Crippen molar-refractivity contribution in [2.24, 2.45) is 0 Å². The Morgan fingerprint density at radius 3 is 2.61 bits per heavy atom. The number of hydrogen-bond acceptors (Lipinski definition) is 8. The van der Waals surface area contributed by atoms with Crippen LogP contribution in [0.1, 0.15) is 26.1 Å². The number of aromatic nitrogens is 2. The maximum atomic E-state index is 12.7. The highest BCUT2D eigenvalue weighted by Gasteiger charge is 2.18. The molecule has 160 valence electrons. The first-order chi connectivity index (χ1) is 15.0. The summed E-state index contributed by atoms with van der Waals surface area (Å²) in [5.41, 5.74) is 2.34. The number of aryl methyl sites for hydroxylation is 2. The first kappa shape index (κ1) is 21.1. The summed E-state index contributed by atoms with van der Waals surface area (Å²) < 4.78 is 16.5.